The second-order valence-corrected chi connectivity index (χ2v) is 11.3. The quantitative estimate of drug-likeness (QED) is 0.321. The molecule has 3 N–H and O–H groups in total. The molecule has 2 fully saturated rings. The molecular weight excluding hydrogens is 523 g/mol. The van der Waals surface area contributed by atoms with Crippen LogP contribution < -0.4 is 10.6 Å². The molecular formula is C29H32Cl2N4O3. The summed E-state index contributed by atoms with van der Waals surface area (Å²) < 4.78 is 0. The van der Waals surface area contributed by atoms with Crippen LogP contribution in [-0.4, -0.2) is 58.4 Å². The molecule has 0 spiro atoms. The molecule has 1 aliphatic heterocycles. The van der Waals surface area contributed by atoms with Crippen molar-refractivity contribution in [3.63, 3.8) is 0 Å². The minimum absolute atomic E-state index is 0.0142. The number of aromatic nitrogens is 1. The van der Waals surface area contributed by atoms with Crippen LogP contribution in [-0.2, 0) is 4.79 Å². The lowest BCUT2D eigenvalue weighted by Gasteiger charge is -2.32. The van der Waals surface area contributed by atoms with Gasteiger partial charge in [-0.05, 0) is 94.4 Å². The second-order valence-electron chi connectivity index (χ2n) is 10.5. The van der Waals surface area contributed by atoms with E-state index in [9.17, 15) is 14.7 Å². The third-order valence-electron chi connectivity index (χ3n) is 7.84. The van der Waals surface area contributed by atoms with Crippen molar-refractivity contribution in [3.8, 4) is 16.9 Å². The first-order valence-electron chi connectivity index (χ1n) is 13.1. The highest BCUT2D eigenvalue weighted by molar-refractivity contribution is 6.37. The van der Waals surface area contributed by atoms with E-state index in [2.05, 4.69) is 20.5 Å². The molecule has 0 radical (unpaired) electrons. The Morgan fingerprint density at radius 2 is 1.68 bits per heavy atom. The number of likely N-dealkylation sites (N-methyl/N-ethyl adjacent to an activating group) is 1. The molecule has 5 rings (SSSR count). The summed E-state index contributed by atoms with van der Waals surface area (Å²) in [7, 11) is 2.01. The van der Waals surface area contributed by atoms with E-state index in [1.165, 1.54) is 0 Å². The van der Waals surface area contributed by atoms with Crippen molar-refractivity contribution in [1.82, 2.24) is 15.2 Å². The zero-order valence-electron chi connectivity index (χ0n) is 21.6. The molecule has 3 aromatic rings. The fourth-order valence-electron chi connectivity index (χ4n) is 5.65. The third-order valence-corrected chi connectivity index (χ3v) is 8.42. The number of anilines is 1. The molecule has 2 heterocycles. The van der Waals surface area contributed by atoms with Gasteiger partial charge in [0.1, 0.15) is 0 Å². The Morgan fingerprint density at radius 1 is 1.00 bits per heavy atom. The van der Waals surface area contributed by atoms with E-state index in [1.54, 1.807) is 25.3 Å². The van der Waals surface area contributed by atoms with Crippen LogP contribution in [0, 0.1) is 0 Å². The lowest BCUT2D eigenvalue weighted by atomic mass is 9.90. The number of likely N-dealkylation sites (tertiary alicyclic amines) is 1. The number of Topliss-reactive ketones (excluding diaryl/α,β-unsaturated/α-hetero) is 1. The van der Waals surface area contributed by atoms with Crippen molar-refractivity contribution in [2.24, 2.45) is 0 Å². The van der Waals surface area contributed by atoms with Gasteiger partial charge in [-0.2, -0.15) is 0 Å². The smallest absolute Gasteiger partial charge is 0.237 e. The first-order chi connectivity index (χ1) is 18.2. The molecule has 2 aliphatic rings. The zero-order chi connectivity index (χ0) is 27.0. The average Bonchev–Trinajstić information content (AvgIpc) is 3.33. The molecule has 9 heteroatoms. The number of halogens is 2. The summed E-state index contributed by atoms with van der Waals surface area (Å²) in [4.78, 5) is 32.0. The highest BCUT2D eigenvalue weighted by atomic mass is 35.5. The Balaban J connectivity index is 1.37. The molecule has 2 aromatic carbocycles. The molecule has 38 heavy (non-hydrogen) atoms. The number of benzene rings is 2. The summed E-state index contributed by atoms with van der Waals surface area (Å²) in [6.07, 6.45) is 7.16. The number of ketones is 1. The summed E-state index contributed by atoms with van der Waals surface area (Å²) in [5.41, 5.74) is 3.66. The van der Waals surface area contributed by atoms with Crippen LogP contribution in [0.5, 0.6) is 5.75 Å². The highest BCUT2D eigenvalue weighted by Crippen LogP contribution is 2.38. The number of fused-ring (bicyclic) bond motifs is 1. The van der Waals surface area contributed by atoms with Crippen molar-refractivity contribution in [1.29, 1.82) is 0 Å². The van der Waals surface area contributed by atoms with Gasteiger partial charge in [0.05, 0.1) is 32.9 Å². The lowest BCUT2D eigenvalue weighted by Crippen LogP contribution is -2.47. The molecule has 1 aliphatic carbocycles. The number of nitrogens with zero attached hydrogens (tertiary/aromatic N) is 2. The summed E-state index contributed by atoms with van der Waals surface area (Å²) in [6, 6.07) is 9.45. The van der Waals surface area contributed by atoms with E-state index >= 15 is 0 Å². The number of hydrogen-bond acceptors (Lipinski definition) is 6. The van der Waals surface area contributed by atoms with Gasteiger partial charge in [0.15, 0.2) is 11.5 Å². The maximum atomic E-state index is 12.7. The summed E-state index contributed by atoms with van der Waals surface area (Å²) in [5, 5.41) is 18.0. The number of aromatic hydroxyl groups is 1. The molecule has 7 nitrogen and oxygen atoms in total. The van der Waals surface area contributed by atoms with E-state index in [0.717, 1.165) is 72.8 Å². The van der Waals surface area contributed by atoms with Crippen molar-refractivity contribution in [2.45, 2.75) is 63.6 Å². The van der Waals surface area contributed by atoms with Crippen molar-refractivity contribution in [2.75, 3.05) is 18.9 Å². The van der Waals surface area contributed by atoms with Gasteiger partial charge < -0.3 is 15.7 Å². The largest absolute Gasteiger partial charge is 0.505 e. The fraction of sp³-hybridized carbons (Fsp3) is 0.414. The molecule has 1 saturated heterocycles. The monoisotopic (exact) mass is 554 g/mol. The number of carbonyl (C=O) groups excluding carboxylic acids is 2. The van der Waals surface area contributed by atoms with Crippen LogP contribution in [0.15, 0.2) is 36.5 Å². The highest BCUT2D eigenvalue weighted by Gasteiger charge is 2.31. The maximum Gasteiger partial charge on any atom is 0.237 e. The van der Waals surface area contributed by atoms with Gasteiger partial charge in [-0.25, -0.2) is 0 Å². The number of carbonyl (C=O) groups is 2. The van der Waals surface area contributed by atoms with Crippen molar-refractivity contribution < 1.29 is 14.7 Å². The number of nitrogens with one attached hydrogen (secondary N) is 2. The van der Waals surface area contributed by atoms with Crippen LogP contribution in [0.3, 0.4) is 0 Å². The molecule has 1 saturated carbocycles. The van der Waals surface area contributed by atoms with Gasteiger partial charge in [-0.3, -0.25) is 19.5 Å². The third kappa shape index (κ3) is 5.46. The minimum Gasteiger partial charge on any atom is -0.505 e. The standard InChI is InChI=1S/C29H32Cl2N4O3/c1-16(36)22-15-32-25-10-5-17(18-13-23(30)28(37)24(31)14-18)12-21(25)27(22)33-19-6-8-20(9-7-19)34-29(38)26-4-3-11-35(26)2/h5,10,12-15,19-20,26,37H,3-4,6-9,11H2,1-2H3,(H,32,33)(H,34,38). The maximum absolute atomic E-state index is 12.7. The number of rotatable bonds is 6. The SMILES string of the molecule is CC(=O)c1cnc2ccc(-c3cc(Cl)c(O)c(Cl)c3)cc2c1NC1CCC(NC(=O)C2CCCN2C)CC1. The van der Waals surface area contributed by atoms with Crippen LogP contribution >= 0.6 is 23.2 Å². The Hall–Kier alpha value is -2.87. The van der Waals surface area contributed by atoms with Crippen LogP contribution in [0.25, 0.3) is 22.0 Å². The zero-order valence-corrected chi connectivity index (χ0v) is 23.1. The van der Waals surface area contributed by atoms with Crippen LogP contribution in [0.2, 0.25) is 10.0 Å². The van der Waals surface area contributed by atoms with Gasteiger partial charge in [-0.1, -0.05) is 29.3 Å². The number of phenols is 1. The molecule has 1 aromatic heterocycles. The molecule has 1 unspecified atom stereocenters. The Bertz CT molecular complexity index is 1360. The second kappa shape index (κ2) is 11.1. The molecule has 200 valence electrons. The Morgan fingerprint density at radius 3 is 2.32 bits per heavy atom. The topological polar surface area (TPSA) is 94.6 Å². The van der Waals surface area contributed by atoms with Crippen molar-refractivity contribution in [3.05, 3.63) is 52.1 Å². The number of phenolic OH excluding ortho intramolecular Hbond substituents is 1. The summed E-state index contributed by atoms with van der Waals surface area (Å²) in [5.74, 6) is -0.0742. The summed E-state index contributed by atoms with van der Waals surface area (Å²) >= 11 is 12.3. The molecule has 1 amide bonds. The average molecular weight is 556 g/mol. The predicted molar refractivity (Wildman–Crippen MR) is 152 cm³/mol. The Labute approximate surface area is 232 Å². The molecule has 1 atom stereocenters. The van der Waals surface area contributed by atoms with E-state index < -0.39 is 0 Å². The van der Waals surface area contributed by atoms with Crippen molar-refractivity contribution >= 4 is 51.5 Å². The minimum atomic E-state index is -0.150. The van der Waals surface area contributed by atoms with Gasteiger partial charge >= 0.3 is 0 Å². The van der Waals surface area contributed by atoms with Gasteiger partial charge in [0.25, 0.3) is 0 Å². The van der Waals surface area contributed by atoms with Crippen LogP contribution in [0.4, 0.5) is 5.69 Å². The first-order valence-corrected chi connectivity index (χ1v) is 13.9. The van der Waals surface area contributed by atoms with E-state index in [-0.39, 0.29) is 45.6 Å². The molecule has 0 bridgehead atoms. The fourth-order valence-corrected chi connectivity index (χ4v) is 6.14. The predicted octanol–water partition coefficient (Wildman–Crippen LogP) is 6.05. The van der Waals surface area contributed by atoms with Crippen LogP contribution in [0.1, 0.15) is 55.8 Å². The van der Waals surface area contributed by atoms with E-state index in [1.807, 2.05) is 25.2 Å². The van der Waals surface area contributed by atoms with E-state index in [0.29, 0.717) is 5.56 Å². The van der Waals surface area contributed by atoms with E-state index in [4.69, 9.17) is 23.2 Å². The number of hydrogen-bond donors (Lipinski definition) is 3. The first kappa shape index (κ1) is 26.7. The summed E-state index contributed by atoms with van der Waals surface area (Å²) in [6.45, 7) is 2.52. The Kier molecular flexibility index (Phi) is 7.80. The van der Waals surface area contributed by atoms with Gasteiger partial charge in [0, 0.05) is 23.7 Å². The van der Waals surface area contributed by atoms with Gasteiger partial charge in [-0.15, -0.1) is 0 Å². The number of pyridine rings is 1. The normalized spacial score (nSPS) is 21.9. The van der Waals surface area contributed by atoms with Gasteiger partial charge in [0.2, 0.25) is 5.91 Å². The number of amides is 1. The lowest BCUT2D eigenvalue weighted by molar-refractivity contribution is -0.126.